The largest absolute Gasteiger partial charge is 0.435 e. The van der Waals surface area contributed by atoms with Gasteiger partial charge >= 0.3 is 6.18 Å². The Morgan fingerprint density at radius 2 is 2.00 bits per heavy atom. The standard InChI is InChI=1S/C18H24F3N5O2/c1-5-13(17(27)22-15-10(2)23-25(9-28-4)11(15)3)26-14-8-6-7-12(14)16(24-26)18(19,20)21/h13H,5-9H2,1-4H3,(H,22,27)/t13-/m0/s1. The van der Waals surface area contributed by atoms with Crippen molar-refractivity contribution in [2.75, 3.05) is 12.4 Å². The highest BCUT2D eigenvalue weighted by Crippen LogP contribution is 2.38. The Kier molecular flexibility index (Phi) is 5.51. The summed E-state index contributed by atoms with van der Waals surface area (Å²) in [5.74, 6) is -0.406. The Labute approximate surface area is 160 Å². The molecule has 154 valence electrons. The summed E-state index contributed by atoms with van der Waals surface area (Å²) in [7, 11) is 1.54. The number of carbonyl (C=O) groups excluding carboxylic acids is 1. The van der Waals surface area contributed by atoms with E-state index in [4.69, 9.17) is 4.74 Å². The number of rotatable bonds is 6. The van der Waals surface area contributed by atoms with Gasteiger partial charge in [-0.3, -0.25) is 9.48 Å². The minimum atomic E-state index is -4.52. The molecule has 0 unspecified atom stereocenters. The van der Waals surface area contributed by atoms with Crippen molar-refractivity contribution in [1.29, 1.82) is 0 Å². The molecule has 1 amide bonds. The van der Waals surface area contributed by atoms with Crippen LogP contribution in [0.4, 0.5) is 18.9 Å². The zero-order chi connectivity index (χ0) is 20.6. The molecule has 2 heterocycles. The third kappa shape index (κ3) is 3.52. The van der Waals surface area contributed by atoms with Crippen LogP contribution in [0.5, 0.6) is 0 Å². The third-order valence-electron chi connectivity index (χ3n) is 5.09. The first-order valence-electron chi connectivity index (χ1n) is 9.20. The number of nitrogens with one attached hydrogen (secondary N) is 1. The third-order valence-corrected chi connectivity index (χ3v) is 5.09. The summed E-state index contributed by atoms with van der Waals surface area (Å²) < 4.78 is 48.0. The molecule has 0 saturated heterocycles. The molecule has 10 heteroatoms. The summed E-state index contributed by atoms with van der Waals surface area (Å²) in [4.78, 5) is 13.0. The summed E-state index contributed by atoms with van der Waals surface area (Å²) >= 11 is 0. The van der Waals surface area contributed by atoms with Crippen molar-refractivity contribution in [3.8, 4) is 0 Å². The van der Waals surface area contributed by atoms with E-state index in [1.807, 2.05) is 0 Å². The molecule has 0 bridgehead atoms. The number of aryl methyl sites for hydroxylation is 1. The second-order valence-corrected chi connectivity index (χ2v) is 6.95. The average molecular weight is 399 g/mol. The van der Waals surface area contributed by atoms with Crippen LogP contribution >= 0.6 is 0 Å². The minimum Gasteiger partial charge on any atom is -0.362 e. The molecule has 1 aliphatic carbocycles. The quantitative estimate of drug-likeness (QED) is 0.808. The van der Waals surface area contributed by atoms with Gasteiger partial charge in [-0.25, -0.2) is 4.68 Å². The van der Waals surface area contributed by atoms with E-state index >= 15 is 0 Å². The first kappa shape index (κ1) is 20.4. The maximum absolute atomic E-state index is 13.4. The molecule has 0 aliphatic heterocycles. The molecule has 2 aromatic rings. The van der Waals surface area contributed by atoms with Gasteiger partial charge in [0.05, 0.1) is 17.1 Å². The summed E-state index contributed by atoms with van der Waals surface area (Å²) in [6, 6.07) is -0.826. The monoisotopic (exact) mass is 399 g/mol. The Balaban J connectivity index is 1.92. The molecule has 0 saturated carbocycles. The molecular weight excluding hydrogens is 375 g/mol. The number of halogens is 3. The van der Waals surface area contributed by atoms with Crippen molar-refractivity contribution < 1.29 is 22.7 Å². The van der Waals surface area contributed by atoms with E-state index in [9.17, 15) is 18.0 Å². The number of nitrogens with zero attached hydrogens (tertiary/aromatic N) is 4. The summed E-state index contributed by atoms with van der Waals surface area (Å²) in [6.45, 7) is 5.54. The number of amides is 1. The van der Waals surface area contributed by atoms with Crippen molar-refractivity contribution in [3.63, 3.8) is 0 Å². The van der Waals surface area contributed by atoms with Gasteiger partial charge in [0.1, 0.15) is 12.8 Å². The lowest BCUT2D eigenvalue weighted by atomic mass is 10.1. The highest BCUT2D eigenvalue weighted by molar-refractivity contribution is 5.94. The Bertz CT molecular complexity index is 885. The fourth-order valence-electron chi connectivity index (χ4n) is 3.75. The predicted octanol–water partition coefficient (Wildman–Crippen LogP) is 3.40. The van der Waals surface area contributed by atoms with E-state index < -0.39 is 23.8 Å². The van der Waals surface area contributed by atoms with Crippen LogP contribution in [0.3, 0.4) is 0 Å². The van der Waals surface area contributed by atoms with Crippen molar-refractivity contribution >= 4 is 11.6 Å². The van der Waals surface area contributed by atoms with Crippen LogP contribution in [-0.4, -0.2) is 32.6 Å². The minimum absolute atomic E-state index is 0.221. The lowest BCUT2D eigenvalue weighted by Gasteiger charge is -2.18. The smallest absolute Gasteiger partial charge is 0.362 e. The van der Waals surface area contributed by atoms with E-state index in [0.717, 1.165) is 0 Å². The number of ether oxygens (including phenoxy) is 1. The van der Waals surface area contributed by atoms with Crippen LogP contribution in [0, 0.1) is 13.8 Å². The van der Waals surface area contributed by atoms with Gasteiger partial charge in [0.25, 0.3) is 0 Å². The fourth-order valence-corrected chi connectivity index (χ4v) is 3.75. The Morgan fingerprint density at radius 3 is 2.61 bits per heavy atom. The average Bonchev–Trinajstić information content (AvgIpc) is 3.27. The first-order valence-corrected chi connectivity index (χ1v) is 9.20. The second-order valence-electron chi connectivity index (χ2n) is 6.95. The number of carbonyl (C=O) groups is 1. The summed E-state index contributed by atoms with van der Waals surface area (Å²) in [6.07, 6.45) is -2.74. The number of aromatic nitrogens is 4. The lowest BCUT2D eigenvalue weighted by Crippen LogP contribution is -2.28. The number of anilines is 1. The van der Waals surface area contributed by atoms with E-state index in [-0.39, 0.29) is 12.3 Å². The predicted molar refractivity (Wildman–Crippen MR) is 95.9 cm³/mol. The van der Waals surface area contributed by atoms with Gasteiger partial charge in [-0.05, 0) is 39.5 Å². The van der Waals surface area contributed by atoms with Gasteiger partial charge in [-0.1, -0.05) is 6.92 Å². The topological polar surface area (TPSA) is 74.0 Å². The van der Waals surface area contributed by atoms with Crippen LogP contribution in [0.25, 0.3) is 0 Å². The van der Waals surface area contributed by atoms with Crippen molar-refractivity contribution in [2.24, 2.45) is 0 Å². The molecule has 2 aromatic heterocycles. The van der Waals surface area contributed by atoms with Crippen LogP contribution in [0.1, 0.15) is 54.1 Å². The van der Waals surface area contributed by atoms with Gasteiger partial charge in [-0.15, -0.1) is 0 Å². The van der Waals surface area contributed by atoms with Crippen LogP contribution < -0.4 is 5.32 Å². The molecule has 1 aliphatic rings. The molecule has 28 heavy (non-hydrogen) atoms. The van der Waals surface area contributed by atoms with E-state index in [0.29, 0.717) is 48.5 Å². The highest BCUT2D eigenvalue weighted by Gasteiger charge is 2.41. The molecule has 7 nitrogen and oxygen atoms in total. The van der Waals surface area contributed by atoms with E-state index in [2.05, 4.69) is 15.5 Å². The molecule has 1 N–H and O–H groups in total. The number of hydrogen-bond acceptors (Lipinski definition) is 4. The SMILES string of the molecule is CC[C@@H](C(=O)Nc1c(C)nn(COC)c1C)n1nc(C(F)(F)F)c2c1CCC2. The lowest BCUT2D eigenvalue weighted by molar-refractivity contribution is -0.142. The van der Waals surface area contributed by atoms with Crippen LogP contribution in [-0.2, 0) is 35.3 Å². The molecule has 0 spiro atoms. The first-order chi connectivity index (χ1) is 13.2. The molecular formula is C18H24F3N5O2. The Hall–Kier alpha value is -2.36. The van der Waals surface area contributed by atoms with Crippen molar-refractivity contribution in [1.82, 2.24) is 19.6 Å². The van der Waals surface area contributed by atoms with Gasteiger partial charge < -0.3 is 10.1 Å². The van der Waals surface area contributed by atoms with Gasteiger partial charge in [0, 0.05) is 18.4 Å². The Morgan fingerprint density at radius 1 is 1.29 bits per heavy atom. The highest BCUT2D eigenvalue weighted by atomic mass is 19.4. The molecule has 0 radical (unpaired) electrons. The zero-order valence-corrected chi connectivity index (χ0v) is 16.4. The van der Waals surface area contributed by atoms with Crippen LogP contribution in [0.2, 0.25) is 0 Å². The number of hydrogen-bond donors (Lipinski definition) is 1. The van der Waals surface area contributed by atoms with Gasteiger partial charge in [0.15, 0.2) is 5.69 Å². The molecule has 0 fully saturated rings. The van der Waals surface area contributed by atoms with Gasteiger partial charge in [0.2, 0.25) is 5.91 Å². The van der Waals surface area contributed by atoms with E-state index in [1.165, 1.54) is 4.68 Å². The normalized spacial score (nSPS) is 15.0. The molecule has 3 rings (SSSR count). The van der Waals surface area contributed by atoms with Gasteiger partial charge in [-0.2, -0.15) is 23.4 Å². The summed E-state index contributed by atoms with van der Waals surface area (Å²) in [5, 5.41) is 10.9. The molecule has 0 aromatic carbocycles. The maximum Gasteiger partial charge on any atom is 0.435 e. The fraction of sp³-hybridized carbons (Fsp3) is 0.611. The number of alkyl halides is 3. The van der Waals surface area contributed by atoms with Crippen LogP contribution in [0.15, 0.2) is 0 Å². The number of methoxy groups -OCH3 is 1. The summed E-state index contributed by atoms with van der Waals surface area (Å²) in [5.41, 5.74) is 1.73. The van der Waals surface area contributed by atoms with E-state index in [1.54, 1.807) is 32.6 Å². The zero-order valence-electron chi connectivity index (χ0n) is 16.4. The van der Waals surface area contributed by atoms with Crippen molar-refractivity contribution in [2.45, 2.75) is 65.4 Å². The van der Waals surface area contributed by atoms with Crippen molar-refractivity contribution in [3.05, 3.63) is 28.3 Å². The second kappa shape index (κ2) is 7.57. The maximum atomic E-state index is 13.4. The number of fused-ring (bicyclic) bond motifs is 1. The molecule has 1 atom stereocenters.